The summed E-state index contributed by atoms with van der Waals surface area (Å²) in [6.07, 6.45) is 1.49. The van der Waals surface area contributed by atoms with Gasteiger partial charge in [0.2, 0.25) is 5.91 Å². The zero-order valence-electron chi connectivity index (χ0n) is 16.4. The number of nitrogens with zero attached hydrogens (tertiary/aromatic N) is 2. The van der Waals surface area contributed by atoms with Gasteiger partial charge in [0.25, 0.3) is 21.8 Å². The average Bonchev–Trinajstić information content (AvgIpc) is 3.43. The lowest BCUT2D eigenvalue weighted by Crippen LogP contribution is -2.22. The third kappa shape index (κ3) is 3.30. The molecule has 2 aromatic carbocycles. The Morgan fingerprint density at radius 3 is 2.56 bits per heavy atom. The first-order chi connectivity index (χ1) is 15.2. The highest BCUT2D eigenvalue weighted by Gasteiger charge is 2.32. The Morgan fingerprint density at radius 1 is 1.09 bits per heavy atom. The summed E-state index contributed by atoms with van der Waals surface area (Å²) in [4.78, 5) is 24.1. The fourth-order valence-corrected chi connectivity index (χ4v) is 5.37. The molecule has 0 radical (unpaired) electrons. The van der Waals surface area contributed by atoms with Gasteiger partial charge in [-0.05, 0) is 48.7 Å². The van der Waals surface area contributed by atoms with Crippen LogP contribution in [0.5, 0.6) is 11.8 Å². The summed E-state index contributed by atoms with van der Waals surface area (Å²) >= 11 is 6.15. The van der Waals surface area contributed by atoms with Crippen molar-refractivity contribution in [2.45, 2.75) is 30.2 Å². The smallest absolute Gasteiger partial charge is 0.338 e. The van der Waals surface area contributed by atoms with Crippen LogP contribution in [0.2, 0.25) is 5.02 Å². The predicted molar refractivity (Wildman–Crippen MR) is 116 cm³/mol. The molecule has 1 aliphatic heterocycles. The summed E-state index contributed by atoms with van der Waals surface area (Å²) in [7, 11) is -4.13. The first-order valence-electron chi connectivity index (χ1n) is 9.66. The van der Waals surface area contributed by atoms with Crippen LogP contribution < -0.4 is 15.7 Å². The van der Waals surface area contributed by atoms with Gasteiger partial charge in [0.1, 0.15) is 4.90 Å². The van der Waals surface area contributed by atoms with Gasteiger partial charge in [-0.3, -0.25) is 14.1 Å². The van der Waals surface area contributed by atoms with E-state index in [1.54, 1.807) is 0 Å². The Hall–Kier alpha value is -3.44. The molecule has 5 rings (SSSR count). The molecule has 12 heteroatoms. The van der Waals surface area contributed by atoms with Gasteiger partial charge >= 0.3 is 5.69 Å². The standard InChI is InChI=1S/C20H17ClN4O6S/c21-14-9-15-10(7-17(26)22-15)6-16(14)32(30,31)23-11-2-1-3-13(8-11)25-19(28)18(27)24(20(25)29)12-4-5-12/h1-3,6,8-9,12,23,27-28H,4-5,7H2,(H,22,26). The van der Waals surface area contributed by atoms with Gasteiger partial charge < -0.3 is 15.5 Å². The highest BCUT2D eigenvalue weighted by Crippen LogP contribution is 2.40. The molecule has 2 aliphatic rings. The zero-order chi connectivity index (χ0) is 22.8. The van der Waals surface area contributed by atoms with Crippen LogP contribution in [0, 0.1) is 0 Å². The molecule has 32 heavy (non-hydrogen) atoms. The minimum absolute atomic E-state index is 0.0498. The summed E-state index contributed by atoms with van der Waals surface area (Å²) in [5.41, 5.74) is 0.634. The molecule has 1 aliphatic carbocycles. The second kappa shape index (κ2) is 7.04. The van der Waals surface area contributed by atoms with Crippen molar-refractivity contribution in [2.24, 2.45) is 0 Å². The maximum absolute atomic E-state index is 13.0. The van der Waals surface area contributed by atoms with Crippen molar-refractivity contribution in [1.82, 2.24) is 9.13 Å². The number of imidazole rings is 1. The SMILES string of the molecule is O=C1Cc2cc(S(=O)(=O)Nc3cccc(-n4c(O)c(O)n(C5CC5)c4=O)c3)c(Cl)cc2N1. The van der Waals surface area contributed by atoms with Crippen LogP contribution in [0.25, 0.3) is 5.69 Å². The minimum atomic E-state index is -4.13. The van der Waals surface area contributed by atoms with Crippen LogP contribution in [-0.2, 0) is 21.2 Å². The van der Waals surface area contributed by atoms with Crippen molar-refractivity contribution in [3.05, 3.63) is 57.5 Å². The van der Waals surface area contributed by atoms with Crippen LogP contribution in [0.1, 0.15) is 24.4 Å². The highest BCUT2D eigenvalue weighted by molar-refractivity contribution is 7.92. The monoisotopic (exact) mass is 476 g/mol. The minimum Gasteiger partial charge on any atom is -0.491 e. The molecule has 2 heterocycles. The predicted octanol–water partition coefficient (Wildman–Crippen LogP) is 2.33. The number of sulfonamides is 1. The lowest BCUT2D eigenvalue weighted by atomic mass is 10.2. The molecule has 10 nitrogen and oxygen atoms in total. The van der Waals surface area contributed by atoms with E-state index in [-0.39, 0.29) is 39.7 Å². The second-order valence-corrected chi connectivity index (χ2v) is 9.74. The van der Waals surface area contributed by atoms with Crippen LogP contribution >= 0.6 is 11.6 Å². The molecular formula is C20H17ClN4O6S. The summed E-state index contributed by atoms with van der Waals surface area (Å²) in [5.74, 6) is -1.41. The fraction of sp³-hybridized carbons (Fsp3) is 0.200. The second-order valence-electron chi connectivity index (χ2n) is 7.69. The third-order valence-corrected chi connectivity index (χ3v) is 7.22. The summed E-state index contributed by atoms with van der Waals surface area (Å²) in [6, 6.07) is 8.36. The number of carbonyl (C=O) groups excluding carboxylic acids is 1. The van der Waals surface area contributed by atoms with Crippen LogP contribution in [-0.4, -0.2) is 33.7 Å². The molecule has 1 amide bonds. The van der Waals surface area contributed by atoms with Gasteiger partial charge in [-0.2, -0.15) is 0 Å². The molecule has 0 atom stereocenters. The number of hydrogen-bond donors (Lipinski definition) is 4. The molecule has 1 aromatic heterocycles. The van der Waals surface area contributed by atoms with Gasteiger partial charge in [-0.1, -0.05) is 17.7 Å². The lowest BCUT2D eigenvalue weighted by molar-refractivity contribution is -0.115. The van der Waals surface area contributed by atoms with Gasteiger partial charge in [-0.25, -0.2) is 17.8 Å². The highest BCUT2D eigenvalue weighted by atomic mass is 35.5. The number of anilines is 2. The summed E-state index contributed by atoms with van der Waals surface area (Å²) in [5, 5.41) is 23.0. The van der Waals surface area contributed by atoms with Gasteiger partial charge in [0, 0.05) is 11.7 Å². The van der Waals surface area contributed by atoms with E-state index in [2.05, 4.69) is 10.0 Å². The number of carbonyl (C=O) groups is 1. The molecule has 166 valence electrons. The molecule has 0 spiro atoms. The lowest BCUT2D eigenvalue weighted by Gasteiger charge is -2.12. The van der Waals surface area contributed by atoms with Crippen LogP contribution in [0.3, 0.4) is 0 Å². The number of hydrogen-bond acceptors (Lipinski definition) is 6. The fourth-order valence-electron chi connectivity index (χ4n) is 3.74. The van der Waals surface area contributed by atoms with Crippen molar-refractivity contribution in [3.63, 3.8) is 0 Å². The maximum atomic E-state index is 13.0. The number of fused-ring (bicyclic) bond motifs is 1. The summed E-state index contributed by atoms with van der Waals surface area (Å²) < 4.78 is 30.4. The molecule has 1 fully saturated rings. The molecule has 0 unspecified atom stereocenters. The van der Waals surface area contributed by atoms with Crippen molar-refractivity contribution in [2.75, 3.05) is 10.0 Å². The molecule has 0 bridgehead atoms. The number of rotatable bonds is 5. The van der Waals surface area contributed by atoms with E-state index in [0.717, 1.165) is 22.0 Å². The number of aromatic hydroxyl groups is 2. The average molecular weight is 477 g/mol. The quantitative estimate of drug-likeness (QED) is 0.445. The molecule has 3 aromatic rings. The molecule has 1 saturated carbocycles. The van der Waals surface area contributed by atoms with Crippen molar-refractivity contribution in [1.29, 1.82) is 0 Å². The van der Waals surface area contributed by atoms with E-state index >= 15 is 0 Å². The number of halogens is 1. The maximum Gasteiger partial charge on any atom is 0.338 e. The summed E-state index contributed by atoms with van der Waals surface area (Å²) in [6.45, 7) is 0. The first-order valence-corrected chi connectivity index (χ1v) is 11.5. The normalized spacial score (nSPS) is 15.5. The van der Waals surface area contributed by atoms with Crippen molar-refractivity contribution >= 4 is 38.9 Å². The van der Waals surface area contributed by atoms with Gasteiger partial charge in [0.05, 0.1) is 22.8 Å². The van der Waals surface area contributed by atoms with E-state index in [1.165, 1.54) is 36.4 Å². The number of benzene rings is 2. The Balaban J connectivity index is 1.51. The Bertz CT molecular complexity index is 1460. The van der Waals surface area contributed by atoms with Crippen molar-refractivity contribution < 1.29 is 23.4 Å². The van der Waals surface area contributed by atoms with Gasteiger partial charge in [-0.15, -0.1) is 0 Å². The number of aromatic nitrogens is 2. The third-order valence-electron chi connectivity index (χ3n) is 5.38. The first kappa shape index (κ1) is 20.5. The number of nitrogens with one attached hydrogen (secondary N) is 2. The van der Waals surface area contributed by atoms with E-state index in [4.69, 9.17) is 11.6 Å². The Kier molecular flexibility index (Phi) is 4.50. The van der Waals surface area contributed by atoms with E-state index in [1.807, 2.05) is 0 Å². The zero-order valence-corrected chi connectivity index (χ0v) is 17.9. The molecule has 0 saturated heterocycles. The van der Waals surface area contributed by atoms with Crippen LogP contribution in [0.4, 0.5) is 11.4 Å². The van der Waals surface area contributed by atoms with E-state index in [9.17, 15) is 28.2 Å². The van der Waals surface area contributed by atoms with Gasteiger partial charge in [0.15, 0.2) is 0 Å². The Morgan fingerprint density at radius 2 is 1.84 bits per heavy atom. The van der Waals surface area contributed by atoms with Crippen molar-refractivity contribution in [3.8, 4) is 17.4 Å². The Labute approximate surface area is 186 Å². The number of amides is 1. The van der Waals surface area contributed by atoms with Crippen LogP contribution in [0.15, 0.2) is 46.1 Å². The molecule has 4 N–H and O–H groups in total. The van der Waals surface area contributed by atoms with E-state index < -0.39 is 27.5 Å². The topological polar surface area (TPSA) is 143 Å². The largest absolute Gasteiger partial charge is 0.491 e. The van der Waals surface area contributed by atoms with E-state index in [0.29, 0.717) is 11.3 Å². The molecular weight excluding hydrogens is 460 g/mol.